The lowest BCUT2D eigenvalue weighted by Gasteiger charge is -2.30. The molecule has 4 nitrogen and oxygen atoms in total. The lowest BCUT2D eigenvalue weighted by Crippen LogP contribution is -2.41. The Morgan fingerprint density at radius 2 is 1.95 bits per heavy atom. The first-order valence-corrected chi connectivity index (χ1v) is 7.03. The van der Waals surface area contributed by atoms with Crippen molar-refractivity contribution in [2.24, 2.45) is 0 Å². The van der Waals surface area contributed by atoms with E-state index >= 15 is 0 Å². The third-order valence-corrected chi connectivity index (χ3v) is 3.49. The topological polar surface area (TPSA) is 33.7 Å². The molecule has 0 saturated carbocycles. The van der Waals surface area contributed by atoms with E-state index in [0.717, 1.165) is 38.6 Å². The van der Waals surface area contributed by atoms with E-state index in [1.54, 1.807) is 0 Å². The molecule has 4 heteroatoms. The molecule has 1 unspecified atom stereocenters. The summed E-state index contributed by atoms with van der Waals surface area (Å²) in [5.74, 6) is 0.937. The summed E-state index contributed by atoms with van der Waals surface area (Å²) in [6.07, 6.45) is 0. The van der Waals surface area contributed by atoms with Crippen molar-refractivity contribution in [2.45, 2.75) is 13.0 Å². The van der Waals surface area contributed by atoms with Gasteiger partial charge in [0.1, 0.15) is 5.75 Å². The van der Waals surface area contributed by atoms with Crippen LogP contribution in [-0.2, 0) is 4.74 Å². The maximum atomic E-state index is 5.48. The van der Waals surface area contributed by atoms with Crippen molar-refractivity contribution < 1.29 is 9.47 Å². The lowest BCUT2D eigenvalue weighted by molar-refractivity contribution is 0.0338. The molecule has 1 aliphatic heterocycles. The predicted octanol–water partition coefficient (Wildman–Crippen LogP) is 1.68. The third kappa shape index (κ3) is 4.20. The Morgan fingerprint density at radius 3 is 2.53 bits per heavy atom. The fourth-order valence-electron chi connectivity index (χ4n) is 2.37. The lowest BCUT2D eigenvalue weighted by atomic mass is 10.1. The van der Waals surface area contributed by atoms with Crippen molar-refractivity contribution in [3.63, 3.8) is 0 Å². The standard InChI is InChI=1S/C15H24N2O2/c1-3-19-14-6-4-13(5-7-14)15(16-2)12-17-8-10-18-11-9-17/h4-7,15-16H,3,8-12H2,1-2H3. The van der Waals surface area contributed by atoms with Gasteiger partial charge in [-0.05, 0) is 31.7 Å². The van der Waals surface area contributed by atoms with E-state index in [1.807, 2.05) is 26.1 Å². The van der Waals surface area contributed by atoms with Crippen molar-refractivity contribution in [2.75, 3.05) is 46.5 Å². The molecular weight excluding hydrogens is 240 g/mol. The maximum absolute atomic E-state index is 5.48. The number of rotatable bonds is 6. The number of morpholine rings is 1. The van der Waals surface area contributed by atoms with Crippen LogP contribution in [0.1, 0.15) is 18.5 Å². The van der Waals surface area contributed by atoms with Gasteiger partial charge in [-0.3, -0.25) is 4.90 Å². The Labute approximate surface area is 115 Å². The van der Waals surface area contributed by atoms with E-state index in [-0.39, 0.29) is 0 Å². The van der Waals surface area contributed by atoms with Gasteiger partial charge in [0.15, 0.2) is 0 Å². The Morgan fingerprint density at radius 1 is 1.26 bits per heavy atom. The van der Waals surface area contributed by atoms with E-state index in [1.165, 1.54) is 5.56 Å². The maximum Gasteiger partial charge on any atom is 0.119 e. The Hall–Kier alpha value is -1.10. The molecule has 1 atom stereocenters. The van der Waals surface area contributed by atoms with Crippen LogP contribution < -0.4 is 10.1 Å². The predicted molar refractivity (Wildman–Crippen MR) is 76.7 cm³/mol. The van der Waals surface area contributed by atoms with E-state index in [2.05, 4.69) is 22.3 Å². The highest BCUT2D eigenvalue weighted by Crippen LogP contribution is 2.19. The molecule has 0 amide bonds. The average Bonchev–Trinajstić information content (AvgIpc) is 2.47. The van der Waals surface area contributed by atoms with Gasteiger partial charge >= 0.3 is 0 Å². The molecular formula is C15H24N2O2. The fraction of sp³-hybridized carbons (Fsp3) is 0.600. The Kier molecular flexibility index (Phi) is 5.63. The van der Waals surface area contributed by atoms with Gasteiger partial charge in [0.25, 0.3) is 0 Å². The molecule has 1 saturated heterocycles. The van der Waals surface area contributed by atoms with Gasteiger partial charge in [-0.1, -0.05) is 12.1 Å². The molecule has 1 aromatic rings. The smallest absolute Gasteiger partial charge is 0.119 e. The minimum Gasteiger partial charge on any atom is -0.494 e. The zero-order valence-corrected chi connectivity index (χ0v) is 11.9. The van der Waals surface area contributed by atoms with Crippen LogP contribution in [0.3, 0.4) is 0 Å². The van der Waals surface area contributed by atoms with Crippen LogP contribution in [-0.4, -0.2) is 51.4 Å². The second-order valence-corrected chi connectivity index (χ2v) is 4.76. The quantitative estimate of drug-likeness (QED) is 0.847. The van der Waals surface area contributed by atoms with E-state index < -0.39 is 0 Å². The van der Waals surface area contributed by atoms with Crippen LogP contribution in [0.4, 0.5) is 0 Å². The zero-order chi connectivity index (χ0) is 13.5. The number of likely N-dealkylation sites (N-methyl/N-ethyl adjacent to an activating group) is 1. The van der Waals surface area contributed by atoms with E-state index in [0.29, 0.717) is 12.6 Å². The summed E-state index contributed by atoms with van der Waals surface area (Å²) < 4.78 is 10.9. The second kappa shape index (κ2) is 7.48. The molecule has 1 aromatic carbocycles. The van der Waals surface area contributed by atoms with Crippen LogP contribution in [0.15, 0.2) is 24.3 Å². The molecule has 1 N–H and O–H groups in total. The first-order chi connectivity index (χ1) is 9.33. The normalized spacial score (nSPS) is 18.2. The highest BCUT2D eigenvalue weighted by molar-refractivity contribution is 5.29. The molecule has 0 spiro atoms. The van der Waals surface area contributed by atoms with Crippen molar-refractivity contribution in [1.82, 2.24) is 10.2 Å². The molecule has 0 aliphatic carbocycles. The molecule has 106 valence electrons. The molecule has 1 heterocycles. The fourth-order valence-corrected chi connectivity index (χ4v) is 2.37. The minimum atomic E-state index is 0.355. The van der Waals surface area contributed by atoms with Crippen LogP contribution in [0.25, 0.3) is 0 Å². The summed E-state index contributed by atoms with van der Waals surface area (Å²) in [4.78, 5) is 2.45. The zero-order valence-electron chi connectivity index (χ0n) is 11.9. The van der Waals surface area contributed by atoms with Crippen molar-refractivity contribution in [3.8, 4) is 5.75 Å². The first kappa shape index (κ1) is 14.3. The Bertz CT molecular complexity index is 361. The van der Waals surface area contributed by atoms with Gasteiger partial charge < -0.3 is 14.8 Å². The summed E-state index contributed by atoms with van der Waals surface area (Å²) in [5, 5.41) is 3.39. The SMILES string of the molecule is CCOc1ccc(C(CN2CCOCC2)NC)cc1. The largest absolute Gasteiger partial charge is 0.494 e. The second-order valence-electron chi connectivity index (χ2n) is 4.76. The number of hydrogen-bond acceptors (Lipinski definition) is 4. The average molecular weight is 264 g/mol. The van der Waals surface area contributed by atoms with Crippen LogP contribution >= 0.6 is 0 Å². The monoisotopic (exact) mass is 264 g/mol. The van der Waals surface area contributed by atoms with Crippen molar-refractivity contribution >= 4 is 0 Å². The molecule has 0 bridgehead atoms. The van der Waals surface area contributed by atoms with Crippen LogP contribution in [0.2, 0.25) is 0 Å². The van der Waals surface area contributed by atoms with Gasteiger partial charge in [-0.15, -0.1) is 0 Å². The molecule has 1 fully saturated rings. The van der Waals surface area contributed by atoms with Gasteiger partial charge in [-0.2, -0.15) is 0 Å². The summed E-state index contributed by atoms with van der Waals surface area (Å²) in [5.41, 5.74) is 1.30. The van der Waals surface area contributed by atoms with Gasteiger partial charge in [0.2, 0.25) is 0 Å². The highest BCUT2D eigenvalue weighted by Gasteiger charge is 2.16. The van der Waals surface area contributed by atoms with Gasteiger partial charge in [0.05, 0.1) is 19.8 Å². The molecule has 0 radical (unpaired) electrons. The van der Waals surface area contributed by atoms with E-state index in [9.17, 15) is 0 Å². The number of hydrogen-bond donors (Lipinski definition) is 1. The van der Waals surface area contributed by atoms with Gasteiger partial charge in [-0.25, -0.2) is 0 Å². The minimum absolute atomic E-state index is 0.355. The number of nitrogens with one attached hydrogen (secondary N) is 1. The Balaban J connectivity index is 1.95. The molecule has 0 aromatic heterocycles. The summed E-state index contributed by atoms with van der Waals surface area (Å²) in [6.45, 7) is 7.48. The van der Waals surface area contributed by atoms with Crippen LogP contribution in [0, 0.1) is 0 Å². The number of nitrogens with zero attached hydrogens (tertiary/aromatic N) is 1. The molecule has 19 heavy (non-hydrogen) atoms. The molecule has 1 aliphatic rings. The van der Waals surface area contributed by atoms with Crippen molar-refractivity contribution in [1.29, 1.82) is 0 Å². The van der Waals surface area contributed by atoms with Gasteiger partial charge in [0, 0.05) is 25.7 Å². The van der Waals surface area contributed by atoms with Crippen LogP contribution in [0.5, 0.6) is 5.75 Å². The van der Waals surface area contributed by atoms with Crippen molar-refractivity contribution in [3.05, 3.63) is 29.8 Å². The third-order valence-electron chi connectivity index (χ3n) is 3.49. The van der Waals surface area contributed by atoms with E-state index in [4.69, 9.17) is 9.47 Å². The first-order valence-electron chi connectivity index (χ1n) is 7.03. The number of benzene rings is 1. The summed E-state index contributed by atoms with van der Waals surface area (Å²) >= 11 is 0. The molecule has 2 rings (SSSR count). The summed E-state index contributed by atoms with van der Waals surface area (Å²) in [7, 11) is 2.02. The number of ether oxygens (including phenoxy) is 2. The highest BCUT2D eigenvalue weighted by atomic mass is 16.5. The summed E-state index contributed by atoms with van der Waals surface area (Å²) in [6, 6.07) is 8.73.